The zero-order valence-electron chi connectivity index (χ0n) is 21.6. The predicted molar refractivity (Wildman–Crippen MR) is 160 cm³/mol. The Morgan fingerprint density at radius 1 is 1.08 bits per heavy atom. The molecule has 0 fully saturated rings. The molecule has 3 aromatic carbocycles. The van der Waals surface area contributed by atoms with Crippen LogP contribution in [0, 0.1) is 0 Å². The van der Waals surface area contributed by atoms with Crippen molar-refractivity contribution >= 4 is 52.6 Å². The summed E-state index contributed by atoms with van der Waals surface area (Å²) in [5, 5.41) is 8.88. The molecule has 0 saturated heterocycles. The standard InChI is InChI=1S/C30H28Cl2N4O2S/c1-3-19(2)33-25(37)17-35-26(38)18-39-29(21-12-9-13-22(31)16-21)27-28(20-10-5-4-6-11-20)34-36(30(27)35)24-15-8-7-14-23(24)32/h4-16,19,29H,3,17-18H2,1-2H3,(H,33,37)/t19-,29-/m0/s1. The third kappa shape index (κ3) is 5.71. The van der Waals surface area contributed by atoms with Gasteiger partial charge in [-0.2, -0.15) is 5.10 Å². The molecule has 0 spiro atoms. The number of aromatic nitrogens is 2. The maximum absolute atomic E-state index is 13.8. The minimum atomic E-state index is -0.267. The average molecular weight is 580 g/mol. The third-order valence-corrected chi connectivity index (χ3v) is 8.50. The summed E-state index contributed by atoms with van der Waals surface area (Å²) in [5.41, 5.74) is 4.00. The second-order valence-corrected chi connectivity index (χ2v) is 11.4. The van der Waals surface area contributed by atoms with Crippen molar-refractivity contribution in [1.82, 2.24) is 15.1 Å². The number of benzene rings is 3. The van der Waals surface area contributed by atoms with Crippen molar-refractivity contribution in [3.05, 3.63) is 100 Å². The molecule has 1 aliphatic heterocycles. The molecule has 2 heterocycles. The number of carbonyl (C=O) groups excluding carboxylic acids is 2. The van der Waals surface area contributed by atoms with Crippen molar-refractivity contribution in [1.29, 1.82) is 0 Å². The van der Waals surface area contributed by atoms with Gasteiger partial charge < -0.3 is 5.32 Å². The molecule has 0 aliphatic carbocycles. The molecule has 200 valence electrons. The Morgan fingerprint density at radius 2 is 1.82 bits per heavy atom. The number of hydrogen-bond donors (Lipinski definition) is 1. The van der Waals surface area contributed by atoms with E-state index in [4.69, 9.17) is 28.3 Å². The van der Waals surface area contributed by atoms with Crippen LogP contribution in [0.25, 0.3) is 16.9 Å². The summed E-state index contributed by atoms with van der Waals surface area (Å²) in [4.78, 5) is 28.5. The number of hydrogen-bond acceptors (Lipinski definition) is 4. The molecule has 1 aromatic heterocycles. The SMILES string of the molecule is CC[C@H](C)NC(=O)CN1C(=O)CS[C@@H](c2cccc(Cl)c2)c2c(-c3ccccc3)nn(-c3ccccc3Cl)c21. The number of fused-ring (bicyclic) bond motifs is 1. The highest BCUT2D eigenvalue weighted by Crippen LogP contribution is 2.49. The summed E-state index contributed by atoms with van der Waals surface area (Å²) in [7, 11) is 0. The number of amides is 2. The first-order valence-electron chi connectivity index (χ1n) is 12.8. The van der Waals surface area contributed by atoms with Gasteiger partial charge in [-0.3, -0.25) is 14.5 Å². The fourth-order valence-corrected chi connectivity index (χ4v) is 6.22. The molecule has 0 saturated carbocycles. The van der Waals surface area contributed by atoms with Gasteiger partial charge in [0.15, 0.2) is 0 Å². The molecule has 2 atom stereocenters. The normalized spacial score (nSPS) is 15.9. The van der Waals surface area contributed by atoms with E-state index in [0.29, 0.717) is 27.2 Å². The van der Waals surface area contributed by atoms with E-state index < -0.39 is 0 Å². The van der Waals surface area contributed by atoms with Crippen LogP contribution in [0.1, 0.15) is 36.6 Å². The van der Waals surface area contributed by atoms with Crippen LogP contribution in [0.15, 0.2) is 78.9 Å². The quantitative estimate of drug-likeness (QED) is 0.258. The van der Waals surface area contributed by atoms with Crippen molar-refractivity contribution in [2.75, 3.05) is 17.2 Å². The van der Waals surface area contributed by atoms with Crippen LogP contribution in [0.4, 0.5) is 5.82 Å². The summed E-state index contributed by atoms with van der Waals surface area (Å²) < 4.78 is 1.71. The molecular formula is C30H28Cl2N4O2S. The smallest absolute Gasteiger partial charge is 0.240 e. The second kappa shape index (κ2) is 11.9. The molecule has 9 heteroatoms. The van der Waals surface area contributed by atoms with Crippen LogP contribution in [-0.2, 0) is 9.59 Å². The molecule has 0 radical (unpaired) electrons. The van der Waals surface area contributed by atoms with Crippen molar-refractivity contribution in [3.63, 3.8) is 0 Å². The van der Waals surface area contributed by atoms with E-state index in [1.54, 1.807) is 15.6 Å². The molecule has 4 aromatic rings. The summed E-state index contributed by atoms with van der Waals surface area (Å²) >= 11 is 14.6. The first-order valence-corrected chi connectivity index (χ1v) is 14.6. The van der Waals surface area contributed by atoms with Gasteiger partial charge in [0, 0.05) is 22.2 Å². The Labute approximate surface area is 242 Å². The van der Waals surface area contributed by atoms with Crippen LogP contribution in [0.3, 0.4) is 0 Å². The van der Waals surface area contributed by atoms with Crippen LogP contribution in [0.5, 0.6) is 0 Å². The molecule has 0 bridgehead atoms. The van der Waals surface area contributed by atoms with Gasteiger partial charge in [0.1, 0.15) is 12.4 Å². The zero-order valence-corrected chi connectivity index (χ0v) is 23.9. The maximum atomic E-state index is 13.8. The van der Waals surface area contributed by atoms with Gasteiger partial charge in [-0.25, -0.2) is 4.68 Å². The number of nitrogens with one attached hydrogen (secondary N) is 1. The van der Waals surface area contributed by atoms with Gasteiger partial charge >= 0.3 is 0 Å². The highest BCUT2D eigenvalue weighted by molar-refractivity contribution is 8.00. The maximum Gasteiger partial charge on any atom is 0.240 e. The third-order valence-electron chi connectivity index (χ3n) is 6.69. The topological polar surface area (TPSA) is 67.2 Å². The minimum Gasteiger partial charge on any atom is -0.352 e. The van der Waals surface area contributed by atoms with Crippen LogP contribution in [0.2, 0.25) is 10.0 Å². The molecular weight excluding hydrogens is 551 g/mol. The average Bonchev–Trinajstić information content (AvgIpc) is 3.25. The second-order valence-electron chi connectivity index (χ2n) is 9.42. The molecule has 39 heavy (non-hydrogen) atoms. The number of para-hydroxylation sites is 1. The van der Waals surface area contributed by atoms with Crippen molar-refractivity contribution < 1.29 is 9.59 Å². The Kier molecular flexibility index (Phi) is 8.31. The summed E-state index contributed by atoms with van der Waals surface area (Å²) in [5.74, 6) is 0.293. The van der Waals surface area contributed by atoms with E-state index in [-0.39, 0.29) is 35.4 Å². The van der Waals surface area contributed by atoms with E-state index in [0.717, 1.165) is 23.1 Å². The van der Waals surface area contributed by atoms with E-state index in [9.17, 15) is 9.59 Å². The largest absolute Gasteiger partial charge is 0.352 e. The minimum absolute atomic E-state index is 0.0130. The zero-order chi connectivity index (χ0) is 27.5. The highest BCUT2D eigenvalue weighted by atomic mass is 35.5. The van der Waals surface area contributed by atoms with Gasteiger partial charge in [-0.15, -0.1) is 11.8 Å². The molecule has 5 rings (SSSR count). The monoisotopic (exact) mass is 578 g/mol. The Bertz CT molecular complexity index is 1510. The van der Waals surface area contributed by atoms with Gasteiger partial charge in [-0.1, -0.05) is 84.7 Å². The number of thioether (sulfide) groups is 1. The van der Waals surface area contributed by atoms with Gasteiger partial charge in [0.05, 0.1) is 27.4 Å². The molecule has 1 aliphatic rings. The summed E-state index contributed by atoms with van der Waals surface area (Å²) in [6.07, 6.45) is 0.785. The van der Waals surface area contributed by atoms with E-state index in [1.165, 1.54) is 11.8 Å². The van der Waals surface area contributed by atoms with E-state index in [1.807, 2.05) is 86.6 Å². The summed E-state index contributed by atoms with van der Waals surface area (Å²) in [6, 6.07) is 24.9. The number of nitrogens with zero attached hydrogens (tertiary/aromatic N) is 3. The lowest BCUT2D eigenvalue weighted by molar-refractivity contribution is -0.123. The number of carbonyl (C=O) groups is 2. The molecule has 6 nitrogen and oxygen atoms in total. The number of anilines is 1. The van der Waals surface area contributed by atoms with Gasteiger partial charge in [-0.05, 0) is 43.2 Å². The van der Waals surface area contributed by atoms with Crippen molar-refractivity contribution in [2.24, 2.45) is 0 Å². The summed E-state index contributed by atoms with van der Waals surface area (Å²) in [6.45, 7) is 3.81. The van der Waals surface area contributed by atoms with Crippen molar-refractivity contribution in [2.45, 2.75) is 31.6 Å². The Balaban J connectivity index is 1.79. The van der Waals surface area contributed by atoms with Crippen LogP contribution < -0.4 is 10.2 Å². The Morgan fingerprint density at radius 3 is 2.54 bits per heavy atom. The Hall–Kier alpha value is -3.26. The van der Waals surface area contributed by atoms with Gasteiger partial charge in [0.2, 0.25) is 11.8 Å². The van der Waals surface area contributed by atoms with E-state index >= 15 is 0 Å². The fraction of sp³-hybridized carbons (Fsp3) is 0.233. The number of rotatable bonds is 7. The molecule has 2 amide bonds. The lowest BCUT2D eigenvalue weighted by Gasteiger charge is -2.24. The highest BCUT2D eigenvalue weighted by Gasteiger charge is 2.38. The lowest BCUT2D eigenvalue weighted by atomic mass is 9.99. The first kappa shape index (κ1) is 27.3. The first-order chi connectivity index (χ1) is 18.9. The van der Waals surface area contributed by atoms with Crippen molar-refractivity contribution in [3.8, 4) is 16.9 Å². The number of halogens is 2. The molecule has 0 unspecified atom stereocenters. The lowest BCUT2D eigenvalue weighted by Crippen LogP contribution is -2.44. The van der Waals surface area contributed by atoms with Crippen LogP contribution in [-0.4, -0.2) is 39.9 Å². The van der Waals surface area contributed by atoms with E-state index in [2.05, 4.69) is 5.32 Å². The molecule has 1 N–H and O–H groups in total. The van der Waals surface area contributed by atoms with Gasteiger partial charge in [0.25, 0.3) is 0 Å². The predicted octanol–water partition coefficient (Wildman–Crippen LogP) is 6.93. The fourth-order valence-electron chi connectivity index (χ4n) is 4.62. The van der Waals surface area contributed by atoms with Crippen LogP contribution >= 0.6 is 35.0 Å².